The molecule has 56 heavy (non-hydrogen) atoms. The van der Waals surface area contributed by atoms with Gasteiger partial charge in [0.1, 0.15) is 11.5 Å². The maximum Gasteiger partial charge on any atom is 0.135 e. The van der Waals surface area contributed by atoms with Crippen molar-refractivity contribution >= 4 is 32.3 Å². The molecule has 10 aromatic carbocycles. The van der Waals surface area contributed by atoms with E-state index in [-0.39, 0.29) is 0 Å². The number of para-hydroxylation sites is 1. The average Bonchev–Trinajstić information content (AvgIpc) is 3.58. The Kier molecular flexibility index (Phi) is 6.62. The third kappa shape index (κ3) is 4.31. The smallest absolute Gasteiger partial charge is 0.135 e. The van der Waals surface area contributed by atoms with Crippen LogP contribution < -0.4 is 4.74 Å². The molecule has 0 aromatic heterocycles. The molecule has 260 valence electrons. The number of hydrogen-bond donors (Lipinski definition) is 0. The van der Waals surface area contributed by atoms with E-state index in [1.807, 2.05) is 6.07 Å². The summed E-state index contributed by atoms with van der Waals surface area (Å²) in [6.45, 7) is 0. The molecule has 0 atom stereocenters. The van der Waals surface area contributed by atoms with Gasteiger partial charge in [0.25, 0.3) is 0 Å². The Hall–Kier alpha value is -7.22. The predicted octanol–water partition coefficient (Wildman–Crippen LogP) is 14.6. The Morgan fingerprint density at radius 2 is 0.964 bits per heavy atom. The summed E-state index contributed by atoms with van der Waals surface area (Å²) in [5.41, 5.74) is 14.3. The summed E-state index contributed by atoms with van der Waals surface area (Å²) >= 11 is 0. The Balaban J connectivity index is 1.21. The van der Waals surface area contributed by atoms with Crippen molar-refractivity contribution in [3.63, 3.8) is 0 Å². The second-order valence-electron chi connectivity index (χ2n) is 15.1. The monoisotopic (exact) mass is 710 g/mol. The van der Waals surface area contributed by atoms with E-state index in [1.165, 1.54) is 88.1 Å². The fourth-order valence-corrected chi connectivity index (χ4v) is 9.95. The van der Waals surface area contributed by atoms with Crippen LogP contribution in [0, 0.1) is 0 Å². The van der Waals surface area contributed by atoms with E-state index in [2.05, 4.69) is 200 Å². The lowest BCUT2D eigenvalue weighted by atomic mass is 9.66. The molecule has 2 aliphatic rings. The number of benzene rings is 10. The molecule has 1 nitrogen and oxygen atoms in total. The molecule has 0 N–H and O–H groups in total. The highest BCUT2D eigenvalue weighted by Crippen LogP contribution is 2.61. The van der Waals surface area contributed by atoms with Gasteiger partial charge >= 0.3 is 0 Å². The van der Waals surface area contributed by atoms with Crippen molar-refractivity contribution in [2.24, 2.45) is 0 Å². The number of hydrogen-bond acceptors (Lipinski definition) is 1. The van der Waals surface area contributed by atoms with Crippen molar-refractivity contribution in [3.8, 4) is 56.0 Å². The van der Waals surface area contributed by atoms with Crippen LogP contribution in [0.25, 0.3) is 76.8 Å². The van der Waals surface area contributed by atoms with E-state index in [9.17, 15) is 0 Å². The van der Waals surface area contributed by atoms with Gasteiger partial charge in [0.05, 0.1) is 5.41 Å². The van der Waals surface area contributed by atoms with E-state index < -0.39 is 5.41 Å². The molecule has 0 amide bonds. The topological polar surface area (TPSA) is 9.23 Å². The summed E-state index contributed by atoms with van der Waals surface area (Å²) in [4.78, 5) is 0. The maximum atomic E-state index is 6.53. The summed E-state index contributed by atoms with van der Waals surface area (Å²) in [6.07, 6.45) is 0. The Morgan fingerprint density at radius 3 is 1.79 bits per heavy atom. The molecule has 0 fully saturated rings. The van der Waals surface area contributed by atoms with Crippen molar-refractivity contribution in [2.75, 3.05) is 0 Å². The SMILES string of the molecule is c1ccc(C2(c3ccccc3)c3cc(-c4ccc5c6c(cccc46)-c4ccccc4O5)ccc3-c3c(-c4ccc5ccccc5c4)cc4ccccc4c32)cc1. The zero-order valence-corrected chi connectivity index (χ0v) is 30.5. The van der Waals surface area contributed by atoms with Crippen LogP contribution >= 0.6 is 0 Å². The van der Waals surface area contributed by atoms with Gasteiger partial charge in [-0.2, -0.15) is 0 Å². The summed E-state index contributed by atoms with van der Waals surface area (Å²) in [5, 5.41) is 7.35. The van der Waals surface area contributed by atoms with Crippen LogP contribution in [0.4, 0.5) is 0 Å². The molecular weight excluding hydrogens is 677 g/mol. The van der Waals surface area contributed by atoms with Crippen LogP contribution in [-0.2, 0) is 5.41 Å². The largest absolute Gasteiger partial charge is 0.456 e. The van der Waals surface area contributed by atoms with Crippen LogP contribution in [0.2, 0.25) is 0 Å². The quantitative estimate of drug-likeness (QED) is 0.177. The standard InChI is InChI=1S/C55H34O/c1-3-17-40(18-4-1)55(41-19-5-2-6-20-41)49-34-39(42-30-31-51-52-45(42)23-13-24-46(52)44-22-11-12-25-50(44)56-51)28-29-47(49)53-48(33-37-16-9-10-21-43(37)54(53)55)38-27-26-35-14-7-8-15-36(35)32-38/h1-34H. The highest BCUT2D eigenvalue weighted by molar-refractivity contribution is 6.11. The fraction of sp³-hybridized carbons (Fsp3) is 0.0182. The number of fused-ring (bicyclic) bond motifs is 8. The molecule has 1 aliphatic heterocycles. The summed E-state index contributed by atoms with van der Waals surface area (Å²) in [7, 11) is 0. The van der Waals surface area contributed by atoms with Gasteiger partial charge in [-0.25, -0.2) is 0 Å². The first-order valence-corrected chi connectivity index (χ1v) is 19.4. The fourth-order valence-electron chi connectivity index (χ4n) is 9.95. The first-order valence-electron chi connectivity index (χ1n) is 19.4. The van der Waals surface area contributed by atoms with Crippen molar-refractivity contribution in [3.05, 3.63) is 229 Å². The number of ether oxygens (including phenoxy) is 1. The van der Waals surface area contributed by atoms with Crippen LogP contribution in [0.3, 0.4) is 0 Å². The summed E-state index contributed by atoms with van der Waals surface area (Å²) < 4.78 is 6.53. The highest BCUT2D eigenvalue weighted by atomic mass is 16.5. The molecular formula is C55H34O. The zero-order chi connectivity index (χ0) is 36.8. The third-order valence-electron chi connectivity index (χ3n) is 12.3. The maximum absolute atomic E-state index is 6.53. The van der Waals surface area contributed by atoms with E-state index in [4.69, 9.17) is 4.74 Å². The van der Waals surface area contributed by atoms with Gasteiger partial charge in [0.2, 0.25) is 0 Å². The van der Waals surface area contributed by atoms with Crippen molar-refractivity contribution in [1.82, 2.24) is 0 Å². The normalized spacial score (nSPS) is 13.3. The molecule has 1 heterocycles. The van der Waals surface area contributed by atoms with Crippen LogP contribution in [0.15, 0.2) is 206 Å². The minimum Gasteiger partial charge on any atom is -0.456 e. The lowest BCUT2D eigenvalue weighted by Crippen LogP contribution is -2.29. The van der Waals surface area contributed by atoms with Gasteiger partial charge in [-0.15, -0.1) is 0 Å². The Morgan fingerprint density at radius 1 is 0.339 bits per heavy atom. The predicted molar refractivity (Wildman–Crippen MR) is 233 cm³/mol. The molecule has 0 spiro atoms. The molecule has 10 aromatic rings. The lowest BCUT2D eigenvalue weighted by molar-refractivity contribution is 0.487. The molecule has 0 radical (unpaired) electrons. The third-order valence-corrected chi connectivity index (χ3v) is 12.3. The van der Waals surface area contributed by atoms with Gasteiger partial charge in [0, 0.05) is 10.9 Å². The van der Waals surface area contributed by atoms with Crippen LogP contribution in [0.5, 0.6) is 11.5 Å². The van der Waals surface area contributed by atoms with Crippen molar-refractivity contribution in [1.29, 1.82) is 0 Å². The van der Waals surface area contributed by atoms with Crippen molar-refractivity contribution < 1.29 is 4.74 Å². The minimum atomic E-state index is -0.593. The summed E-state index contributed by atoms with van der Waals surface area (Å²) in [5.74, 6) is 1.81. The van der Waals surface area contributed by atoms with E-state index >= 15 is 0 Å². The first kappa shape index (κ1) is 31.2. The second kappa shape index (κ2) is 11.9. The minimum absolute atomic E-state index is 0.593. The molecule has 1 aliphatic carbocycles. The first-order chi connectivity index (χ1) is 27.8. The van der Waals surface area contributed by atoms with Gasteiger partial charge in [0.15, 0.2) is 0 Å². The zero-order valence-electron chi connectivity index (χ0n) is 30.5. The average molecular weight is 711 g/mol. The number of rotatable bonds is 4. The second-order valence-corrected chi connectivity index (χ2v) is 15.1. The van der Waals surface area contributed by atoms with E-state index in [1.54, 1.807) is 0 Å². The Bertz CT molecular complexity index is 3170. The molecule has 1 heteroatoms. The van der Waals surface area contributed by atoms with Crippen molar-refractivity contribution in [2.45, 2.75) is 5.41 Å². The van der Waals surface area contributed by atoms with E-state index in [0.29, 0.717) is 0 Å². The van der Waals surface area contributed by atoms with Gasteiger partial charge < -0.3 is 4.74 Å². The van der Waals surface area contributed by atoms with Gasteiger partial charge in [-0.3, -0.25) is 0 Å². The van der Waals surface area contributed by atoms with Gasteiger partial charge in [-0.1, -0.05) is 176 Å². The van der Waals surface area contributed by atoms with Crippen LogP contribution in [-0.4, -0.2) is 0 Å². The molecule has 0 bridgehead atoms. The highest BCUT2D eigenvalue weighted by Gasteiger charge is 2.48. The van der Waals surface area contributed by atoms with Crippen LogP contribution in [0.1, 0.15) is 22.3 Å². The molecule has 12 rings (SSSR count). The molecule has 0 saturated carbocycles. The molecule has 0 saturated heterocycles. The summed E-state index contributed by atoms with van der Waals surface area (Å²) in [6, 6.07) is 76.1. The van der Waals surface area contributed by atoms with E-state index in [0.717, 1.165) is 22.4 Å². The van der Waals surface area contributed by atoms with Gasteiger partial charge in [-0.05, 0) is 118 Å². The lowest BCUT2D eigenvalue weighted by Gasteiger charge is -2.35. The molecule has 0 unspecified atom stereocenters. The Labute approximate surface area is 325 Å².